The van der Waals surface area contributed by atoms with E-state index in [0.717, 1.165) is 12.5 Å². The highest BCUT2D eigenvalue weighted by atomic mass is 32.2. The van der Waals surface area contributed by atoms with E-state index in [1.165, 1.54) is 37.9 Å². The monoisotopic (exact) mass is 243 g/mol. The van der Waals surface area contributed by atoms with Crippen molar-refractivity contribution in [2.75, 3.05) is 18.6 Å². The Morgan fingerprint density at radius 3 is 2.19 bits per heavy atom. The van der Waals surface area contributed by atoms with Gasteiger partial charge in [0, 0.05) is 0 Å². The Hall–Kier alpha value is 0.310. The van der Waals surface area contributed by atoms with Gasteiger partial charge in [0.05, 0.1) is 0 Å². The van der Waals surface area contributed by atoms with E-state index in [0.29, 0.717) is 10.8 Å². The maximum Gasteiger partial charge on any atom is -0.00202 e. The van der Waals surface area contributed by atoms with E-state index < -0.39 is 0 Å². The van der Waals surface area contributed by atoms with Crippen LogP contribution in [0.3, 0.4) is 0 Å². The highest BCUT2D eigenvalue weighted by Crippen LogP contribution is 2.46. The number of rotatable bonds is 4. The minimum atomic E-state index is 0.477. The predicted molar refractivity (Wildman–Crippen MR) is 75.9 cm³/mol. The highest BCUT2D eigenvalue weighted by molar-refractivity contribution is 7.98. The third-order valence-electron chi connectivity index (χ3n) is 4.54. The van der Waals surface area contributed by atoms with Gasteiger partial charge in [-0.25, -0.2) is 0 Å². The first-order valence-corrected chi connectivity index (χ1v) is 8.02. The first-order valence-electron chi connectivity index (χ1n) is 6.62. The number of hydrogen-bond donors (Lipinski definition) is 1. The van der Waals surface area contributed by atoms with Crippen molar-refractivity contribution < 1.29 is 0 Å². The molecule has 0 aromatic carbocycles. The highest BCUT2D eigenvalue weighted by Gasteiger charge is 2.37. The molecule has 0 spiro atoms. The summed E-state index contributed by atoms with van der Waals surface area (Å²) in [5.41, 5.74) is 6.99. The van der Waals surface area contributed by atoms with Crippen LogP contribution in [0, 0.1) is 16.7 Å². The summed E-state index contributed by atoms with van der Waals surface area (Å²) in [4.78, 5) is 0. The van der Waals surface area contributed by atoms with Crippen molar-refractivity contribution >= 4 is 11.8 Å². The summed E-state index contributed by atoms with van der Waals surface area (Å²) in [6.45, 7) is 8.05. The van der Waals surface area contributed by atoms with Crippen LogP contribution >= 0.6 is 11.8 Å². The molecular weight excluding hydrogens is 214 g/mol. The molecule has 0 atom stereocenters. The molecule has 1 rings (SSSR count). The maximum absolute atomic E-state index is 6.02. The topological polar surface area (TPSA) is 26.0 Å². The van der Waals surface area contributed by atoms with Crippen molar-refractivity contribution in [3.8, 4) is 0 Å². The molecule has 0 aliphatic heterocycles. The SMILES string of the molecule is CSCCC1(CN)CCC(C(C)(C)C)CC1. The van der Waals surface area contributed by atoms with Crippen molar-refractivity contribution in [2.24, 2.45) is 22.5 Å². The fraction of sp³-hybridized carbons (Fsp3) is 1.00. The van der Waals surface area contributed by atoms with Crippen LogP contribution in [0.15, 0.2) is 0 Å². The van der Waals surface area contributed by atoms with Crippen LogP contribution in [0.1, 0.15) is 52.9 Å². The Balaban J connectivity index is 2.50. The summed E-state index contributed by atoms with van der Waals surface area (Å²) in [7, 11) is 0. The molecule has 0 heterocycles. The summed E-state index contributed by atoms with van der Waals surface area (Å²) in [5, 5.41) is 0. The van der Waals surface area contributed by atoms with Crippen LogP contribution in [0.2, 0.25) is 0 Å². The minimum absolute atomic E-state index is 0.477. The van der Waals surface area contributed by atoms with Crippen LogP contribution in [0.4, 0.5) is 0 Å². The average molecular weight is 243 g/mol. The van der Waals surface area contributed by atoms with Crippen molar-refractivity contribution in [3.63, 3.8) is 0 Å². The Bertz CT molecular complexity index is 199. The number of hydrogen-bond acceptors (Lipinski definition) is 2. The van der Waals surface area contributed by atoms with Gasteiger partial charge in [0.15, 0.2) is 0 Å². The molecule has 0 aromatic heterocycles. The molecule has 1 aliphatic rings. The molecule has 0 saturated heterocycles. The molecular formula is C14H29NS. The van der Waals surface area contributed by atoms with E-state index >= 15 is 0 Å². The average Bonchev–Trinajstić information content (AvgIpc) is 2.26. The molecule has 0 unspecified atom stereocenters. The lowest BCUT2D eigenvalue weighted by Crippen LogP contribution is -2.38. The van der Waals surface area contributed by atoms with E-state index in [2.05, 4.69) is 27.0 Å². The number of nitrogens with two attached hydrogens (primary N) is 1. The summed E-state index contributed by atoms with van der Waals surface area (Å²) in [6, 6.07) is 0. The van der Waals surface area contributed by atoms with Crippen molar-refractivity contribution in [2.45, 2.75) is 52.9 Å². The Labute approximate surface area is 106 Å². The van der Waals surface area contributed by atoms with Crippen LogP contribution in [-0.2, 0) is 0 Å². The molecule has 2 N–H and O–H groups in total. The van der Waals surface area contributed by atoms with E-state index in [1.807, 2.05) is 11.8 Å². The molecule has 1 nitrogen and oxygen atoms in total. The lowest BCUT2D eigenvalue weighted by atomic mass is 9.63. The largest absolute Gasteiger partial charge is 0.330 e. The molecule has 0 radical (unpaired) electrons. The van der Waals surface area contributed by atoms with E-state index in [4.69, 9.17) is 5.73 Å². The standard InChI is InChI=1S/C14H29NS/c1-13(2,3)12-5-7-14(11-15,8-6-12)9-10-16-4/h12H,5-11,15H2,1-4H3. The zero-order chi connectivity index (χ0) is 12.2. The van der Waals surface area contributed by atoms with Gasteiger partial charge in [-0.05, 0) is 67.4 Å². The Morgan fingerprint density at radius 2 is 1.81 bits per heavy atom. The van der Waals surface area contributed by atoms with Gasteiger partial charge >= 0.3 is 0 Å². The van der Waals surface area contributed by atoms with Crippen molar-refractivity contribution in [1.82, 2.24) is 0 Å². The van der Waals surface area contributed by atoms with Gasteiger partial charge in [0.1, 0.15) is 0 Å². The van der Waals surface area contributed by atoms with Crippen LogP contribution < -0.4 is 5.73 Å². The fourth-order valence-corrected chi connectivity index (χ4v) is 3.61. The first kappa shape index (κ1) is 14.4. The fourth-order valence-electron chi connectivity index (χ4n) is 2.97. The van der Waals surface area contributed by atoms with Crippen LogP contribution in [-0.4, -0.2) is 18.6 Å². The maximum atomic E-state index is 6.02. The molecule has 0 amide bonds. The van der Waals surface area contributed by atoms with E-state index in [1.54, 1.807) is 0 Å². The normalized spacial score (nSPS) is 31.7. The first-order chi connectivity index (χ1) is 7.43. The van der Waals surface area contributed by atoms with Gasteiger partial charge in [-0.2, -0.15) is 11.8 Å². The molecule has 1 aliphatic carbocycles. The van der Waals surface area contributed by atoms with Gasteiger partial charge in [-0.3, -0.25) is 0 Å². The zero-order valence-corrected chi connectivity index (χ0v) is 12.3. The third kappa shape index (κ3) is 3.66. The summed E-state index contributed by atoms with van der Waals surface area (Å²) in [5.74, 6) is 2.18. The van der Waals surface area contributed by atoms with Crippen molar-refractivity contribution in [1.29, 1.82) is 0 Å². The van der Waals surface area contributed by atoms with Crippen molar-refractivity contribution in [3.05, 3.63) is 0 Å². The van der Waals surface area contributed by atoms with E-state index in [9.17, 15) is 0 Å². The lowest BCUT2D eigenvalue weighted by Gasteiger charge is -2.43. The van der Waals surface area contributed by atoms with Gasteiger partial charge < -0.3 is 5.73 Å². The lowest BCUT2D eigenvalue weighted by molar-refractivity contribution is 0.0906. The Morgan fingerprint density at radius 1 is 1.25 bits per heavy atom. The molecule has 96 valence electrons. The number of thioether (sulfide) groups is 1. The molecule has 2 heteroatoms. The summed E-state index contributed by atoms with van der Waals surface area (Å²) >= 11 is 1.96. The predicted octanol–water partition coefficient (Wildman–Crippen LogP) is 3.92. The molecule has 1 fully saturated rings. The summed E-state index contributed by atoms with van der Waals surface area (Å²) in [6.07, 6.45) is 8.99. The van der Waals surface area contributed by atoms with Crippen LogP contribution in [0.25, 0.3) is 0 Å². The van der Waals surface area contributed by atoms with Gasteiger partial charge in [-0.1, -0.05) is 20.8 Å². The second-order valence-corrected chi connectivity index (χ2v) is 7.57. The van der Waals surface area contributed by atoms with E-state index in [-0.39, 0.29) is 0 Å². The minimum Gasteiger partial charge on any atom is -0.330 e. The third-order valence-corrected chi connectivity index (χ3v) is 5.15. The molecule has 0 bridgehead atoms. The molecule has 0 aromatic rings. The van der Waals surface area contributed by atoms with Gasteiger partial charge in [0.25, 0.3) is 0 Å². The smallest absolute Gasteiger partial charge is 0.00202 e. The second-order valence-electron chi connectivity index (χ2n) is 6.59. The zero-order valence-electron chi connectivity index (χ0n) is 11.5. The molecule has 1 saturated carbocycles. The van der Waals surface area contributed by atoms with Gasteiger partial charge in [0.2, 0.25) is 0 Å². The Kier molecular flexibility index (Phi) is 5.18. The van der Waals surface area contributed by atoms with Gasteiger partial charge in [-0.15, -0.1) is 0 Å². The molecule has 16 heavy (non-hydrogen) atoms. The second kappa shape index (κ2) is 5.77. The quantitative estimate of drug-likeness (QED) is 0.810. The van der Waals surface area contributed by atoms with Crippen LogP contribution in [0.5, 0.6) is 0 Å². The summed E-state index contributed by atoms with van der Waals surface area (Å²) < 4.78 is 0.